The Hall–Kier alpha value is -1.93. The van der Waals surface area contributed by atoms with Gasteiger partial charge in [0.05, 0.1) is 19.3 Å². The molecule has 0 aliphatic carbocycles. The molecular weight excluding hydrogens is 338 g/mol. The smallest absolute Gasteiger partial charge is 0.184 e. The predicted molar refractivity (Wildman–Crippen MR) is 93.0 cm³/mol. The van der Waals surface area contributed by atoms with E-state index in [4.69, 9.17) is 24.5 Å². The molecule has 6 atom stereocenters. The molecule has 140 valence electrons. The van der Waals surface area contributed by atoms with Gasteiger partial charge >= 0.3 is 0 Å². The number of hydrogen-bond acceptors (Lipinski definition) is 6. The Morgan fingerprint density at radius 3 is 2.88 bits per heavy atom. The molecule has 0 radical (unpaired) electrons. The van der Waals surface area contributed by atoms with Crippen LogP contribution in [-0.4, -0.2) is 49.0 Å². The van der Waals surface area contributed by atoms with E-state index >= 15 is 0 Å². The Morgan fingerprint density at radius 2 is 2.15 bits per heavy atom. The second kappa shape index (κ2) is 9.14. The van der Waals surface area contributed by atoms with Crippen LogP contribution in [0.2, 0.25) is 0 Å². The summed E-state index contributed by atoms with van der Waals surface area (Å²) in [6.45, 7) is 4.32. The summed E-state index contributed by atoms with van der Waals surface area (Å²) in [5, 5.41) is 14.4. The third-order valence-corrected chi connectivity index (χ3v) is 4.42. The molecular formula is C18H23N3O5. The van der Waals surface area contributed by atoms with Crippen molar-refractivity contribution in [1.29, 1.82) is 0 Å². The fraction of sp³-hybridized carbons (Fsp3) is 0.556. The maximum Gasteiger partial charge on any atom is 0.184 e. The average molecular weight is 361 g/mol. The van der Waals surface area contributed by atoms with E-state index in [1.807, 2.05) is 30.3 Å². The van der Waals surface area contributed by atoms with E-state index in [2.05, 4.69) is 16.6 Å². The fourth-order valence-electron chi connectivity index (χ4n) is 3.10. The second-order valence-electron chi connectivity index (χ2n) is 6.21. The topological polar surface area (TPSA) is 106 Å². The zero-order chi connectivity index (χ0) is 18.4. The van der Waals surface area contributed by atoms with Gasteiger partial charge in [-0.2, -0.15) is 0 Å². The molecule has 1 aromatic carbocycles. The molecule has 2 aliphatic rings. The first-order chi connectivity index (χ1) is 12.7. The zero-order valence-corrected chi connectivity index (χ0v) is 14.4. The number of unbranched alkanes of at least 4 members (excludes halogenated alkanes) is 1. The number of nitrogens with zero attached hydrogens (tertiary/aromatic N) is 3. The van der Waals surface area contributed by atoms with Crippen LogP contribution in [-0.2, 0) is 18.9 Å². The third-order valence-electron chi connectivity index (χ3n) is 4.42. The molecule has 1 aromatic rings. The summed E-state index contributed by atoms with van der Waals surface area (Å²) >= 11 is 0. The minimum absolute atomic E-state index is 0.247. The molecule has 2 aliphatic heterocycles. The number of rotatable bonds is 7. The molecule has 0 amide bonds. The molecule has 0 saturated carbocycles. The van der Waals surface area contributed by atoms with Crippen LogP contribution in [0.5, 0.6) is 0 Å². The normalized spacial score (nSPS) is 33.7. The Morgan fingerprint density at radius 1 is 1.35 bits per heavy atom. The highest BCUT2D eigenvalue weighted by atomic mass is 16.7. The van der Waals surface area contributed by atoms with Crippen molar-refractivity contribution in [3.8, 4) is 0 Å². The van der Waals surface area contributed by atoms with E-state index in [0.29, 0.717) is 6.61 Å². The number of allylic oxidation sites excluding steroid dienone is 1. The van der Waals surface area contributed by atoms with E-state index in [9.17, 15) is 5.11 Å². The highest BCUT2D eigenvalue weighted by Gasteiger charge is 2.49. The van der Waals surface area contributed by atoms with Crippen LogP contribution in [0.3, 0.4) is 0 Å². The Kier molecular flexibility index (Phi) is 6.62. The molecule has 8 heteroatoms. The van der Waals surface area contributed by atoms with Gasteiger partial charge in [0, 0.05) is 10.5 Å². The van der Waals surface area contributed by atoms with Gasteiger partial charge in [0.15, 0.2) is 12.6 Å². The van der Waals surface area contributed by atoms with Gasteiger partial charge in [0.2, 0.25) is 0 Å². The van der Waals surface area contributed by atoms with Crippen molar-refractivity contribution in [2.24, 2.45) is 5.11 Å². The lowest BCUT2D eigenvalue weighted by Gasteiger charge is -2.46. The first kappa shape index (κ1) is 18.8. The average Bonchev–Trinajstić information content (AvgIpc) is 2.68. The lowest BCUT2D eigenvalue weighted by atomic mass is 9.96. The standard InChI is InChI=1S/C18H23N3O5/c1-2-3-7-10-23-18-14(20-21-19)15(22)16-13(25-18)11-24-17(26-16)12-8-5-4-6-9-12/h2,4-6,8-9,13-18,22H,1,3,7,10-11H2/t13-,14-,15-,16-,17-,18-/m1/s1. The minimum atomic E-state index is -1.05. The summed E-state index contributed by atoms with van der Waals surface area (Å²) in [7, 11) is 0. The van der Waals surface area contributed by atoms with Crippen LogP contribution in [0, 0.1) is 0 Å². The van der Waals surface area contributed by atoms with Gasteiger partial charge in [-0.1, -0.05) is 41.5 Å². The minimum Gasteiger partial charge on any atom is -0.390 e. The van der Waals surface area contributed by atoms with Crippen LogP contribution in [0.15, 0.2) is 48.1 Å². The number of benzene rings is 1. The summed E-state index contributed by atoms with van der Waals surface area (Å²) in [4.78, 5) is 2.82. The summed E-state index contributed by atoms with van der Waals surface area (Å²) in [6.07, 6.45) is -0.299. The van der Waals surface area contributed by atoms with E-state index in [1.165, 1.54) is 0 Å². The monoisotopic (exact) mass is 361 g/mol. The second-order valence-corrected chi connectivity index (χ2v) is 6.21. The maximum atomic E-state index is 10.7. The van der Waals surface area contributed by atoms with Crippen LogP contribution in [0.1, 0.15) is 24.7 Å². The van der Waals surface area contributed by atoms with Crippen molar-refractivity contribution in [2.45, 2.75) is 49.8 Å². The maximum absolute atomic E-state index is 10.7. The Balaban J connectivity index is 1.68. The Labute approximate surface area is 151 Å². The van der Waals surface area contributed by atoms with E-state index in [1.54, 1.807) is 6.08 Å². The number of azide groups is 1. The van der Waals surface area contributed by atoms with Crippen molar-refractivity contribution in [3.05, 3.63) is 59.0 Å². The number of aliphatic hydroxyl groups excluding tert-OH is 1. The molecule has 2 heterocycles. The van der Waals surface area contributed by atoms with Crippen molar-refractivity contribution in [3.63, 3.8) is 0 Å². The number of hydrogen-bond donors (Lipinski definition) is 1. The summed E-state index contributed by atoms with van der Waals surface area (Å²) in [5.74, 6) is 0. The van der Waals surface area contributed by atoms with Gasteiger partial charge in [-0.25, -0.2) is 0 Å². The molecule has 3 rings (SSSR count). The summed E-state index contributed by atoms with van der Waals surface area (Å²) in [5.41, 5.74) is 9.70. The van der Waals surface area contributed by atoms with Gasteiger partial charge in [0.25, 0.3) is 0 Å². The molecule has 8 nitrogen and oxygen atoms in total. The third kappa shape index (κ3) is 4.24. The van der Waals surface area contributed by atoms with Gasteiger partial charge in [0.1, 0.15) is 18.2 Å². The molecule has 0 aromatic heterocycles. The molecule has 26 heavy (non-hydrogen) atoms. The quantitative estimate of drug-likeness (QED) is 0.264. The van der Waals surface area contributed by atoms with Crippen molar-refractivity contribution >= 4 is 0 Å². The van der Waals surface area contributed by atoms with Gasteiger partial charge in [-0.3, -0.25) is 0 Å². The Bertz CT molecular complexity index is 637. The lowest BCUT2D eigenvalue weighted by Crippen LogP contribution is -2.61. The van der Waals surface area contributed by atoms with Crippen LogP contribution >= 0.6 is 0 Å². The van der Waals surface area contributed by atoms with Gasteiger partial charge < -0.3 is 24.1 Å². The molecule has 2 fully saturated rings. The summed E-state index contributed by atoms with van der Waals surface area (Å²) < 4.78 is 23.2. The van der Waals surface area contributed by atoms with Crippen molar-refractivity contribution in [1.82, 2.24) is 0 Å². The van der Waals surface area contributed by atoms with E-state index in [-0.39, 0.29) is 6.61 Å². The highest BCUT2D eigenvalue weighted by Crippen LogP contribution is 2.35. The highest BCUT2D eigenvalue weighted by molar-refractivity contribution is 5.16. The molecule has 0 spiro atoms. The van der Waals surface area contributed by atoms with Crippen LogP contribution < -0.4 is 0 Å². The molecule has 0 unspecified atom stereocenters. The molecule has 0 bridgehead atoms. The summed E-state index contributed by atoms with van der Waals surface area (Å²) in [6, 6.07) is 8.56. The predicted octanol–water partition coefficient (Wildman–Crippen LogP) is 2.85. The number of fused-ring (bicyclic) bond motifs is 1. The van der Waals surface area contributed by atoms with Crippen LogP contribution in [0.25, 0.3) is 10.4 Å². The number of aliphatic hydroxyl groups is 1. The van der Waals surface area contributed by atoms with Gasteiger partial charge in [-0.15, -0.1) is 6.58 Å². The van der Waals surface area contributed by atoms with E-state index in [0.717, 1.165) is 18.4 Å². The van der Waals surface area contributed by atoms with Crippen LogP contribution in [0.4, 0.5) is 0 Å². The van der Waals surface area contributed by atoms with Gasteiger partial charge in [-0.05, 0) is 18.4 Å². The first-order valence-electron chi connectivity index (χ1n) is 8.67. The van der Waals surface area contributed by atoms with Crippen molar-refractivity contribution < 1.29 is 24.1 Å². The van der Waals surface area contributed by atoms with E-state index < -0.39 is 36.9 Å². The lowest BCUT2D eigenvalue weighted by molar-refractivity contribution is -0.341. The largest absolute Gasteiger partial charge is 0.390 e. The molecule has 1 N–H and O–H groups in total. The molecule has 2 saturated heterocycles. The van der Waals surface area contributed by atoms with Crippen molar-refractivity contribution in [2.75, 3.05) is 13.2 Å². The SMILES string of the molecule is C=CCCCO[C@@H]1O[C@@H]2CO[C@@H](c3ccccc3)O[C@H]2[C@H](O)[C@H]1N=[N+]=[N-]. The fourth-order valence-corrected chi connectivity index (χ4v) is 3.10. The number of ether oxygens (including phenoxy) is 4. The zero-order valence-electron chi connectivity index (χ0n) is 14.4. The first-order valence-corrected chi connectivity index (χ1v) is 8.67.